The molecular weight excluding hydrogens is 417 g/mol. The van der Waals surface area contributed by atoms with E-state index in [0.29, 0.717) is 5.56 Å². The molecule has 3 aromatic carbocycles. The fourth-order valence-corrected chi connectivity index (χ4v) is 3.92. The average molecular weight is 438 g/mol. The topological polar surface area (TPSA) is 64.3 Å². The number of nitrogens with two attached hydrogens (primary N) is 1. The van der Waals surface area contributed by atoms with Crippen LogP contribution in [0.15, 0.2) is 72.8 Å². The van der Waals surface area contributed by atoms with Gasteiger partial charge in [-0.05, 0) is 46.0 Å². The van der Waals surface area contributed by atoms with E-state index in [1.54, 1.807) is 0 Å². The van der Waals surface area contributed by atoms with E-state index in [-0.39, 0.29) is 24.8 Å². The molecule has 0 fully saturated rings. The molecule has 32 heavy (non-hydrogen) atoms. The van der Waals surface area contributed by atoms with Gasteiger partial charge >= 0.3 is 12.3 Å². The van der Waals surface area contributed by atoms with Crippen molar-refractivity contribution in [3.8, 4) is 11.1 Å². The first-order valence-electron chi connectivity index (χ1n) is 10.1. The average Bonchev–Trinajstić information content (AvgIpc) is 3.08. The summed E-state index contributed by atoms with van der Waals surface area (Å²) < 4.78 is 44.1. The highest BCUT2D eigenvalue weighted by molar-refractivity contribution is 5.79. The summed E-state index contributed by atoms with van der Waals surface area (Å²) in [6.07, 6.45) is -2.07. The Morgan fingerprint density at radius 1 is 1.00 bits per heavy atom. The van der Waals surface area contributed by atoms with Crippen molar-refractivity contribution < 1.29 is 22.7 Å². The molecule has 0 saturated heterocycles. The summed E-state index contributed by atoms with van der Waals surface area (Å²) in [5.74, 6) is -0.0447. The van der Waals surface area contributed by atoms with E-state index in [0.717, 1.165) is 34.4 Å². The van der Waals surface area contributed by atoms with Crippen LogP contribution in [0.1, 0.15) is 28.2 Å². The van der Waals surface area contributed by atoms with E-state index >= 15 is 0 Å². The number of hydrogen-bond acceptors (Lipinski definition) is 3. The number of alkyl halides is 3. The normalized spacial score (nSPS) is 13.1. The summed E-state index contributed by atoms with van der Waals surface area (Å²) in [5.41, 5.74) is 9.56. The van der Waals surface area contributed by atoms with Gasteiger partial charge in [0.05, 0.1) is 5.56 Å². The first-order chi connectivity index (χ1) is 15.3. The molecule has 0 aromatic heterocycles. The van der Waals surface area contributed by atoms with Crippen molar-refractivity contribution >= 4 is 17.9 Å². The van der Waals surface area contributed by atoms with Gasteiger partial charge in [0.1, 0.15) is 6.61 Å². The van der Waals surface area contributed by atoms with Crippen LogP contribution >= 0.6 is 0 Å². The number of hydrogen-bond donors (Lipinski definition) is 2. The molecule has 0 bridgehead atoms. The highest BCUT2D eigenvalue weighted by Gasteiger charge is 2.31. The fraction of sp³-hybridized carbons (Fsp3) is 0.160. The summed E-state index contributed by atoms with van der Waals surface area (Å²) in [4.78, 5) is 12.1. The quantitative estimate of drug-likeness (QED) is 0.492. The second kappa shape index (κ2) is 8.78. The molecule has 0 aliphatic heterocycles. The van der Waals surface area contributed by atoms with Crippen molar-refractivity contribution in [2.24, 2.45) is 0 Å². The van der Waals surface area contributed by atoms with Crippen molar-refractivity contribution in [1.29, 1.82) is 0 Å². The third kappa shape index (κ3) is 4.61. The molecule has 3 aromatic rings. The number of amides is 1. The number of nitrogen functional groups attached to an aromatic ring is 1. The molecular formula is C25H21F3N2O2. The Morgan fingerprint density at radius 3 is 2.25 bits per heavy atom. The lowest BCUT2D eigenvalue weighted by Gasteiger charge is -2.14. The Kier molecular flexibility index (Phi) is 5.90. The van der Waals surface area contributed by atoms with E-state index in [2.05, 4.69) is 17.4 Å². The first kappa shape index (κ1) is 21.5. The number of rotatable bonds is 5. The summed E-state index contributed by atoms with van der Waals surface area (Å²) >= 11 is 0. The monoisotopic (exact) mass is 438 g/mol. The highest BCUT2D eigenvalue weighted by atomic mass is 19.4. The van der Waals surface area contributed by atoms with Gasteiger partial charge in [0.25, 0.3) is 0 Å². The largest absolute Gasteiger partial charge is 0.449 e. The van der Waals surface area contributed by atoms with Gasteiger partial charge < -0.3 is 15.8 Å². The number of carbonyl (C=O) groups is 1. The molecule has 0 unspecified atom stereocenters. The molecule has 0 saturated carbocycles. The summed E-state index contributed by atoms with van der Waals surface area (Å²) in [6.45, 7) is 0.292. The Balaban J connectivity index is 1.34. The molecule has 3 N–H and O–H groups in total. The van der Waals surface area contributed by atoms with Gasteiger partial charge in [-0.25, -0.2) is 4.79 Å². The van der Waals surface area contributed by atoms with Crippen molar-refractivity contribution in [1.82, 2.24) is 5.32 Å². The number of anilines is 1. The zero-order chi connectivity index (χ0) is 22.7. The number of alkyl carbamates (subject to hydrolysis) is 1. The predicted octanol–water partition coefficient (Wildman–Crippen LogP) is 5.84. The molecule has 1 aliphatic rings. The molecule has 0 spiro atoms. The molecule has 1 amide bonds. The zero-order valence-corrected chi connectivity index (χ0v) is 17.0. The van der Waals surface area contributed by atoms with E-state index in [4.69, 9.17) is 10.5 Å². The second-order valence-electron chi connectivity index (χ2n) is 7.49. The molecule has 0 heterocycles. The molecule has 1 aliphatic carbocycles. The maximum Gasteiger partial charge on any atom is 0.416 e. The van der Waals surface area contributed by atoms with Gasteiger partial charge in [0.15, 0.2) is 0 Å². The number of fused-ring (bicyclic) bond motifs is 3. The van der Waals surface area contributed by atoms with Crippen LogP contribution in [0.25, 0.3) is 17.2 Å². The molecule has 164 valence electrons. The van der Waals surface area contributed by atoms with Crippen LogP contribution in [0.3, 0.4) is 0 Å². The van der Waals surface area contributed by atoms with E-state index in [1.165, 1.54) is 18.2 Å². The Labute approximate surface area is 183 Å². The lowest BCUT2D eigenvalue weighted by Crippen LogP contribution is -2.26. The zero-order valence-electron chi connectivity index (χ0n) is 17.0. The molecule has 4 nitrogen and oxygen atoms in total. The SMILES string of the molecule is Nc1cc(C=CCNC(=O)OCC2c3ccccc3-c3ccccc32)cc(C(F)(F)F)c1. The number of carbonyl (C=O) groups excluding carboxylic acids is 1. The minimum absolute atomic E-state index is 0.0176. The summed E-state index contributed by atoms with van der Waals surface area (Å²) in [6, 6.07) is 19.4. The van der Waals surface area contributed by atoms with Gasteiger partial charge in [-0.1, -0.05) is 60.7 Å². The number of ether oxygens (including phenoxy) is 1. The Bertz CT molecular complexity index is 1130. The van der Waals surface area contributed by atoms with Gasteiger partial charge in [0.2, 0.25) is 0 Å². The van der Waals surface area contributed by atoms with Crippen molar-refractivity contribution in [3.05, 3.63) is 95.1 Å². The summed E-state index contributed by atoms with van der Waals surface area (Å²) in [7, 11) is 0. The molecule has 0 atom stereocenters. The maximum atomic E-state index is 12.9. The molecule has 7 heteroatoms. The van der Waals surface area contributed by atoms with Crippen molar-refractivity contribution in [2.75, 3.05) is 18.9 Å². The smallest absolute Gasteiger partial charge is 0.416 e. The standard InChI is InChI=1S/C25H21F3N2O2/c26-25(27,28)17-12-16(13-18(29)14-17)6-5-11-30-24(31)32-15-23-21-9-3-1-7-19(21)20-8-2-4-10-22(20)23/h1-10,12-14,23H,11,15,29H2,(H,30,31). The van der Waals surface area contributed by atoms with Gasteiger partial charge in [-0.2, -0.15) is 13.2 Å². The number of benzene rings is 3. The van der Waals surface area contributed by atoms with Crippen LogP contribution in [0.2, 0.25) is 0 Å². The van der Waals surface area contributed by atoms with Crippen LogP contribution in [-0.2, 0) is 10.9 Å². The van der Waals surface area contributed by atoms with Crippen LogP contribution in [0.5, 0.6) is 0 Å². The Morgan fingerprint density at radius 2 is 1.62 bits per heavy atom. The minimum Gasteiger partial charge on any atom is -0.449 e. The van der Waals surface area contributed by atoms with Crippen LogP contribution in [0, 0.1) is 0 Å². The minimum atomic E-state index is -4.47. The Hall–Kier alpha value is -3.74. The number of nitrogens with one attached hydrogen (secondary N) is 1. The van der Waals surface area contributed by atoms with Crippen molar-refractivity contribution in [3.63, 3.8) is 0 Å². The maximum absolute atomic E-state index is 12.9. The van der Waals surface area contributed by atoms with Gasteiger partial charge in [0, 0.05) is 18.2 Å². The van der Waals surface area contributed by atoms with Gasteiger partial charge in [-0.3, -0.25) is 0 Å². The first-order valence-corrected chi connectivity index (χ1v) is 10.1. The van der Waals surface area contributed by atoms with Crippen molar-refractivity contribution in [2.45, 2.75) is 12.1 Å². The van der Waals surface area contributed by atoms with Crippen LogP contribution < -0.4 is 11.1 Å². The second-order valence-corrected chi connectivity index (χ2v) is 7.49. The van der Waals surface area contributed by atoms with Gasteiger partial charge in [-0.15, -0.1) is 0 Å². The van der Waals surface area contributed by atoms with Crippen LogP contribution in [-0.4, -0.2) is 19.2 Å². The molecule has 0 radical (unpaired) electrons. The fourth-order valence-electron chi connectivity index (χ4n) is 3.92. The lowest BCUT2D eigenvalue weighted by atomic mass is 9.98. The third-order valence-electron chi connectivity index (χ3n) is 5.32. The van der Waals surface area contributed by atoms with E-state index < -0.39 is 17.8 Å². The number of halogens is 3. The van der Waals surface area contributed by atoms with E-state index in [1.807, 2.05) is 36.4 Å². The predicted molar refractivity (Wildman–Crippen MR) is 118 cm³/mol. The summed E-state index contributed by atoms with van der Waals surface area (Å²) in [5, 5.41) is 2.58. The third-order valence-corrected chi connectivity index (χ3v) is 5.32. The van der Waals surface area contributed by atoms with Crippen LogP contribution in [0.4, 0.5) is 23.7 Å². The highest BCUT2D eigenvalue weighted by Crippen LogP contribution is 2.44. The molecule has 4 rings (SSSR count). The van der Waals surface area contributed by atoms with E-state index in [9.17, 15) is 18.0 Å². The lowest BCUT2D eigenvalue weighted by molar-refractivity contribution is -0.137.